The molecule has 1 saturated carbocycles. The first-order chi connectivity index (χ1) is 15.8. The molecule has 0 atom stereocenters. The third-order valence-electron chi connectivity index (χ3n) is 6.09. The second-order valence-corrected chi connectivity index (χ2v) is 8.19. The second kappa shape index (κ2) is 9.35. The summed E-state index contributed by atoms with van der Waals surface area (Å²) in [5, 5.41) is 13.0. The van der Waals surface area contributed by atoms with Crippen LogP contribution in [0.1, 0.15) is 47.8 Å². The predicted molar refractivity (Wildman–Crippen MR) is 123 cm³/mol. The van der Waals surface area contributed by atoms with Gasteiger partial charge in [0.1, 0.15) is 17.8 Å². The summed E-state index contributed by atoms with van der Waals surface area (Å²) in [7, 11) is 0. The van der Waals surface area contributed by atoms with E-state index in [9.17, 15) is 4.79 Å². The van der Waals surface area contributed by atoms with Crippen LogP contribution in [0.25, 0.3) is 0 Å². The van der Waals surface area contributed by atoms with Gasteiger partial charge in [0, 0.05) is 42.1 Å². The molecular formula is C23H27N7O2. The van der Waals surface area contributed by atoms with Crippen molar-refractivity contribution in [2.24, 2.45) is 0 Å². The molecule has 0 spiro atoms. The number of aromatic amines is 1. The Balaban J connectivity index is 1.25. The number of anilines is 4. The molecule has 5 rings (SSSR count). The molecule has 3 heterocycles. The van der Waals surface area contributed by atoms with Crippen LogP contribution in [-0.2, 0) is 4.74 Å². The maximum atomic E-state index is 12.9. The summed E-state index contributed by atoms with van der Waals surface area (Å²) >= 11 is 0. The number of morpholine rings is 1. The summed E-state index contributed by atoms with van der Waals surface area (Å²) in [4.78, 5) is 23.9. The van der Waals surface area contributed by atoms with Gasteiger partial charge in [-0.2, -0.15) is 5.10 Å². The van der Waals surface area contributed by atoms with E-state index < -0.39 is 0 Å². The Hall–Kier alpha value is -3.46. The lowest BCUT2D eigenvalue weighted by Gasteiger charge is -2.28. The first kappa shape index (κ1) is 20.4. The van der Waals surface area contributed by atoms with Crippen LogP contribution in [0.2, 0.25) is 0 Å². The molecule has 1 saturated heterocycles. The standard InChI is InChI=1S/C23H27N7O2/c31-23(27-17-5-7-18(8-6-17)30-9-11-32-12-10-30)22-20(14-26-29-22)28-21-13-19(24-15-25-21)16-3-1-2-4-16/h5-8,13-16H,1-4,9-12H2,(H,26,29)(H,27,31)(H,24,25,28). The van der Waals surface area contributed by atoms with E-state index in [1.54, 1.807) is 12.5 Å². The van der Waals surface area contributed by atoms with Gasteiger partial charge in [-0.3, -0.25) is 9.89 Å². The van der Waals surface area contributed by atoms with Crippen molar-refractivity contribution in [3.63, 3.8) is 0 Å². The van der Waals surface area contributed by atoms with Crippen LogP contribution >= 0.6 is 0 Å². The summed E-state index contributed by atoms with van der Waals surface area (Å²) in [6, 6.07) is 9.81. The number of ether oxygens (including phenoxy) is 1. The Morgan fingerprint density at radius 1 is 1.09 bits per heavy atom. The molecule has 9 heteroatoms. The van der Waals surface area contributed by atoms with Gasteiger partial charge in [-0.05, 0) is 37.1 Å². The quantitative estimate of drug-likeness (QED) is 0.544. The monoisotopic (exact) mass is 433 g/mol. The van der Waals surface area contributed by atoms with Crippen molar-refractivity contribution in [3.8, 4) is 0 Å². The first-order valence-electron chi connectivity index (χ1n) is 11.1. The number of carbonyl (C=O) groups excluding carboxylic acids is 1. The molecule has 32 heavy (non-hydrogen) atoms. The van der Waals surface area contributed by atoms with Crippen LogP contribution in [0.5, 0.6) is 0 Å². The Kier molecular flexibility index (Phi) is 5.98. The van der Waals surface area contributed by atoms with Crippen molar-refractivity contribution in [3.05, 3.63) is 54.2 Å². The van der Waals surface area contributed by atoms with Gasteiger partial charge in [0.15, 0.2) is 0 Å². The van der Waals surface area contributed by atoms with Crippen molar-refractivity contribution < 1.29 is 9.53 Å². The van der Waals surface area contributed by atoms with E-state index in [2.05, 4.69) is 35.7 Å². The molecule has 1 amide bonds. The molecule has 2 fully saturated rings. The first-order valence-corrected chi connectivity index (χ1v) is 11.1. The number of H-pyrrole nitrogens is 1. The lowest BCUT2D eigenvalue weighted by Crippen LogP contribution is -2.36. The number of benzene rings is 1. The zero-order valence-electron chi connectivity index (χ0n) is 17.9. The number of aromatic nitrogens is 4. The van der Waals surface area contributed by atoms with Gasteiger partial charge in [0.05, 0.1) is 25.1 Å². The van der Waals surface area contributed by atoms with E-state index in [4.69, 9.17) is 4.74 Å². The second-order valence-electron chi connectivity index (χ2n) is 8.19. The van der Waals surface area contributed by atoms with Gasteiger partial charge in [-0.1, -0.05) is 12.8 Å². The largest absolute Gasteiger partial charge is 0.378 e. The topological polar surface area (TPSA) is 108 Å². The zero-order valence-corrected chi connectivity index (χ0v) is 17.9. The maximum absolute atomic E-state index is 12.9. The van der Waals surface area contributed by atoms with Gasteiger partial charge in [-0.15, -0.1) is 0 Å². The lowest BCUT2D eigenvalue weighted by atomic mass is 10.0. The van der Waals surface area contributed by atoms with Crippen LogP contribution in [0.15, 0.2) is 42.9 Å². The molecule has 2 aromatic heterocycles. The molecule has 1 aromatic carbocycles. The van der Waals surface area contributed by atoms with E-state index in [0.29, 0.717) is 23.1 Å². The summed E-state index contributed by atoms with van der Waals surface area (Å²) in [5.74, 6) is 0.882. The third kappa shape index (κ3) is 4.57. The molecule has 1 aliphatic heterocycles. The molecule has 0 radical (unpaired) electrons. The SMILES string of the molecule is O=C(Nc1ccc(N2CCOCC2)cc1)c1[nH]ncc1Nc1cc(C2CCCC2)ncn1. The third-order valence-corrected chi connectivity index (χ3v) is 6.09. The smallest absolute Gasteiger partial charge is 0.275 e. The lowest BCUT2D eigenvalue weighted by molar-refractivity contribution is 0.102. The number of nitrogens with one attached hydrogen (secondary N) is 3. The predicted octanol–water partition coefficient (Wildman–Crippen LogP) is 3.69. The van der Waals surface area contributed by atoms with Gasteiger partial charge in [0.25, 0.3) is 5.91 Å². The van der Waals surface area contributed by atoms with Gasteiger partial charge in [0.2, 0.25) is 0 Å². The average molecular weight is 434 g/mol. The van der Waals surface area contributed by atoms with E-state index in [1.807, 2.05) is 30.3 Å². The Morgan fingerprint density at radius 3 is 2.66 bits per heavy atom. The number of hydrogen-bond acceptors (Lipinski definition) is 7. The fourth-order valence-electron chi connectivity index (χ4n) is 4.35. The van der Waals surface area contributed by atoms with Crippen LogP contribution in [0, 0.1) is 0 Å². The number of nitrogens with zero attached hydrogens (tertiary/aromatic N) is 4. The Morgan fingerprint density at radius 2 is 1.88 bits per heavy atom. The number of hydrogen-bond donors (Lipinski definition) is 3. The summed E-state index contributed by atoms with van der Waals surface area (Å²) in [6.07, 6.45) is 7.99. The molecule has 2 aliphatic rings. The van der Waals surface area contributed by atoms with E-state index in [1.165, 1.54) is 25.7 Å². The van der Waals surface area contributed by atoms with Crippen LogP contribution in [-0.4, -0.2) is 52.4 Å². The van der Waals surface area contributed by atoms with E-state index in [-0.39, 0.29) is 5.91 Å². The summed E-state index contributed by atoms with van der Waals surface area (Å²) in [5.41, 5.74) is 3.82. The minimum atomic E-state index is -0.269. The van der Waals surface area contributed by atoms with Crippen LogP contribution in [0.3, 0.4) is 0 Å². The fourth-order valence-corrected chi connectivity index (χ4v) is 4.35. The van der Waals surface area contributed by atoms with Gasteiger partial charge in [-0.25, -0.2) is 9.97 Å². The molecule has 1 aliphatic carbocycles. The van der Waals surface area contributed by atoms with E-state index in [0.717, 1.165) is 43.4 Å². The Bertz CT molecular complexity index is 1050. The normalized spacial score (nSPS) is 16.8. The molecule has 3 aromatic rings. The summed E-state index contributed by atoms with van der Waals surface area (Å²) in [6.45, 7) is 3.23. The average Bonchev–Trinajstić information content (AvgIpc) is 3.53. The molecular weight excluding hydrogens is 406 g/mol. The highest BCUT2D eigenvalue weighted by Crippen LogP contribution is 2.33. The summed E-state index contributed by atoms with van der Waals surface area (Å²) < 4.78 is 5.40. The molecule has 0 bridgehead atoms. The minimum absolute atomic E-state index is 0.269. The fraction of sp³-hybridized carbons (Fsp3) is 0.391. The van der Waals surface area contributed by atoms with Crippen molar-refractivity contribution in [2.45, 2.75) is 31.6 Å². The zero-order chi connectivity index (χ0) is 21.8. The molecule has 166 valence electrons. The highest BCUT2D eigenvalue weighted by molar-refractivity contribution is 6.06. The minimum Gasteiger partial charge on any atom is -0.378 e. The molecule has 3 N–H and O–H groups in total. The number of rotatable bonds is 6. The van der Waals surface area contributed by atoms with Crippen molar-refractivity contribution in [1.29, 1.82) is 0 Å². The number of amides is 1. The van der Waals surface area contributed by atoms with Crippen molar-refractivity contribution in [1.82, 2.24) is 20.2 Å². The highest BCUT2D eigenvalue weighted by atomic mass is 16.5. The van der Waals surface area contributed by atoms with Gasteiger partial charge >= 0.3 is 0 Å². The maximum Gasteiger partial charge on any atom is 0.275 e. The highest BCUT2D eigenvalue weighted by Gasteiger charge is 2.20. The van der Waals surface area contributed by atoms with E-state index >= 15 is 0 Å². The van der Waals surface area contributed by atoms with Crippen molar-refractivity contribution in [2.75, 3.05) is 41.8 Å². The van der Waals surface area contributed by atoms with Crippen LogP contribution < -0.4 is 15.5 Å². The Labute approximate surface area is 186 Å². The molecule has 0 unspecified atom stereocenters. The van der Waals surface area contributed by atoms with Gasteiger partial charge < -0.3 is 20.3 Å². The van der Waals surface area contributed by atoms with Crippen molar-refractivity contribution >= 4 is 28.8 Å². The number of carbonyl (C=O) groups is 1. The van der Waals surface area contributed by atoms with Crippen LogP contribution in [0.4, 0.5) is 22.9 Å². The molecule has 9 nitrogen and oxygen atoms in total.